The van der Waals surface area contributed by atoms with Crippen LogP contribution in [-0.2, 0) is 28.4 Å². The third-order valence-electron chi connectivity index (χ3n) is 6.80. The highest BCUT2D eigenvalue weighted by atomic mass is 16.6. The van der Waals surface area contributed by atoms with Crippen LogP contribution in [0.4, 0.5) is 0 Å². The van der Waals surface area contributed by atoms with Gasteiger partial charge in [-0.15, -0.1) is 0 Å². The minimum atomic E-state index is -0.741. The van der Waals surface area contributed by atoms with Crippen molar-refractivity contribution >= 4 is 19.1 Å². The Morgan fingerprint density at radius 3 is 2.40 bits per heavy atom. The molecule has 1 saturated heterocycles. The van der Waals surface area contributed by atoms with Crippen molar-refractivity contribution in [1.82, 2.24) is 0 Å². The van der Waals surface area contributed by atoms with Gasteiger partial charge in [0.15, 0.2) is 0 Å². The molecular weight excluding hydrogens is 383 g/mol. The molecule has 1 aliphatic carbocycles. The Hall–Kier alpha value is -1.08. The van der Waals surface area contributed by atoms with E-state index in [0.717, 1.165) is 19.3 Å². The molecule has 1 saturated carbocycles. The second-order valence-corrected chi connectivity index (χ2v) is 9.96. The lowest BCUT2D eigenvalue weighted by Gasteiger charge is -2.33. The number of carbonyl (C=O) groups excluding carboxylic acids is 2. The molecule has 0 N–H and O–H groups in total. The number of hydrogen-bond acceptors (Lipinski definition) is 6. The minimum Gasteiger partial charge on any atom is -0.469 e. The summed E-state index contributed by atoms with van der Waals surface area (Å²) in [4.78, 5) is 24.7. The van der Waals surface area contributed by atoms with Crippen LogP contribution in [-0.4, -0.2) is 45.5 Å². The van der Waals surface area contributed by atoms with Crippen molar-refractivity contribution in [1.29, 1.82) is 0 Å². The Morgan fingerprint density at radius 1 is 1.07 bits per heavy atom. The molecule has 7 heteroatoms. The minimum absolute atomic E-state index is 0.0170. The van der Waals surface area contributed by atoms with Crippen LogP contribution in [0.15, 0.2) is 0 Å². The highest BCUT2D eigenvalue weighted by Gasteiger charge is 2.42. The van der Waals surface area contributed by atoms with E-state index in [1.165, 1.54) is 39.2 Å². The third kappa shape index (κ3) is 6.98. The lowest BCUT2D eigenvalue weighted by atomic mass is 9.65. The largest absolute Gasteiger partial charge is 0.469 e. The van der Waals surface area contributed by atoms with Gasteiger partial charge in [0.2, 0.25) is 0 Å². The first kappa shape index (κ1) is 25.2. The van der Waals surface area contributed by atoms with E-state index in [2.05, 4.69) is 0 Å². The predicted molar refractivity (Wildman–Crippen MR) is 117 cm³/mol. The lowest BCUT2D eigenvalue weighted by molar-refractivity contribution is -0.161. The maximum atomic E-state index is 12.6. The van der Waals surface area contributed by atoms with Crippen LogP contribution < -0.4 is 0 Å². The molecule has 2 aliphatic rings. The molecule has 172 valence electrons. The molecule has 0 aromatic carbocycles. The van der Waals surface area contributed by atoms with Gasteiger partial charge in [-0.25, -0.2) is 0 Å². The zero-order chi connectivity index (χ0) is 22.2. The Bertz CT molecular complexity index is 560. The number of methoxy groups -OCH3 is 1. The van der Waals surface area contributed by atoms with Gasteiger partial charge in [0.1, 0.15) is 0 Å². The van der Waals surface area contributed by atoms with E-state index in [9.17, 15) is 9.59 Å². The summed E-state index contributed by atoms with van der Waals surface area (Å²) < 4.78 is 22.4. The number of unbranched alkanes of at least 4 members (excludes halogenated alkanes) is 1. The molecule has 2 unspecified atom stereocenters. The third-order valence-corrected chi connectivity index (χ3v) is 6.80. The average Bonchev–Trinajstić information content (AvgIpc) is 3.21. The molecule has 2 fully saturated rings. The predicted octanol–water partition coefficient (Wildman–Crippen LogP) is 4.94. The first-order chi connectivity index (χ1) is 14.2. The van der Waals surface area contributed by atoms with Crippen LogP contribution >= 0.6 is 0 Å². The van der Waals surface area contributed by atoms with E-state index >= 15 is 0 Å². The number of rotatable bonds is 11. The van der Waals surface area contributed by atoms with E-state index in [4.69, 9.17) is 18.8 Å². The van der Waals surface area contributed by atoms with Crippen molar-refractivity contribution in [2.24, 2.45) is 10.8 Å². The maximum Gasteiger partial charge on any atom is 0.460 e. The van der Waals surface area contributed by atoms with Gasteiger partial charge >= 0.3 is 19.1 Å². The highest BCUT2D eigenvalue weighted by molar-refractivity contribution is 6.47. The SMILES string of the molecule is CCC(C)(CC(C)(C)C(=O)OCCCCC1COB(C2CCCCC2)O1)C(=O)OC. The first-order valence-electron chi connectivity index (χ1n) is 11.7. The number of esters is 2. The standard InChI is InChI=1S/C23H41BO6/c1-6-23(4,21(26)27-5)17-22(2,3)20(25)28-15-11-10-14-19-16-29-24(30-19)18-12-8-7-9-13-18/h18-19H,6-17H2,1-5H3. The number of ether oxygens (including phenoxy) is 2. The molecule has 0 aromatic heterocycles. The Kier molecular flexibility index (Phi) is 9.67. The monoisotopic (exact) mass is 424 g/mol. The summed E-state index contributed by atoms with van der Waals surface area (Å²) in [5.41, 5.74) is -1.43. The Morgan fingerprint density at radius 2 is 1.77 bits per heavy atom. The molecule has 0 spiro atoms. The molecule has 6 nitrogen and oxygen atoms in total. The average molecular weight is 424 g/mol. The van der Waals surface area contributed by atoms with Crippen LogP contribution in [0.2, 0.25) is 5.82 Å². The van der Waals surface area contributed by atoms with Gasteiger partial charge in [0.25, 0.3) is 0 Å². The van der Waals surface area contributed by atoms with Gasteiger partial charge in [0, 0.05) is 0 Å². The van der Waals surface area contributed by atoms with Crippen LogP contribution in [0.25, 0.3) is 0 Å². The quantitative estimate of drug-likeness (QED) is 0.266. The highest BCUT2D eigenvalue weighted by Crippen LogP contribution is 2.38. The number of carbonyl (C=O) groups is 2. The summed E-state index contributed by atoms with van der Waals surface area (Å²) in [6, 6.07) is 0. The fourth-order valence-corrected chi connectivity index (χ4v) is 4.75. The van der Waals surface area contributed by atoms with Gasteiger partial charge in [-0.05, 0) is 58.7 Å². The van der Waals surface area contributed by atoms with Crippen LogP contribution in [0.5, 0.6) is 0 Å². The molecule has 2 rings (SSSR count). The van der Waals surface area contributed by atoms with E-state index in [1.807, 2.05) is 27.7 Å². The van der Waals surface area contributed by atoms with Crippen LogP contribution in [0, 0.1) is 10.8 Å². The fourth-order valence-electron chi connectivity index (χ4n) is 4.75. The molecular formula is C23H41BO6. The van der Waals surface area contributed by atoms with E-state index in [-0.39, 0.29) is 25.2 Å². The second-order valence-electron chi connectivity index (χ2n) is 9.96. The molecule has 30 heavy (non-hydrogen) atoms. The molecule has 1 aliphatic heterocycles. The van der Waals surface area contributed by atoms with Crippen molar-refractivity contribution in [2.45, 2.75) is 104 Å². The summed E-state index contributed by atoms with van der Waals surface area (Å²) in [6.45, 7) is 8.52. The summed E-state index contributed by atoms with van der Waals surface area (Å²) >= 11 is 0. The fraction of sp³-hybridized carbons (Fsp3) is 0.913. The van der Waals surface area contributed by atoms with E-state index in [0.29, 0.717) is 31.9 Å². The second kappa shape index (κ2) is 11.5. The molecule has 0 aromatic rings. The van der Waals surface area contributed by atoms with Crippen molar-refractivity contribution in [2.75, 3.05) is 20.3 Å². The van der Waals surface area contributed by atoms with Gasteiger partial charge in [-0.1, -0.05) is 39.0 Å². The molecule has 2 atom stereocenters. The molecule has 1 heterocycles. The Balaban J connectivity index is 1.65. The van der Waals surface area contributed by atoms with Crippen molar-refractivity contribution in [3.8, 4) is 0 Å². The van der Waals surface area contributed by atoms with Gasteiger partial charge in [-0.3, -0.25) is 9.59 Å². The van der Waals surface area contributed by atoms with Crippen molar-refractivity contribution in [3.05, 3.63) is 0 Å². The lowest BCUT2D eigenvalue weighted by Crippen LogP contribution is -2.38. The van der Waals surface area contributed by atoms with E-state index in [1.54, 1.807) is 0 Å². The van der Waals surface area contributed by atoms with Crippen molar-refractivity contribution < 1.29 is 28.4 Å². The van der Waals surface area contributed by atoms with Crippen LogP contribution in [0.1, 0.15) is 91.9 Å². The van der Waals surface area contributed by atoms with Gasteiger partial charge in [-0.2, -0.15) is 0 Å². The summed E-state index contributed by atoms with van der Waals surface area (Å²) in [6.07, 6.45) is 10.2. The van der Waals surface area contributed by atoms with Crippen molar-refractivity contribution in [3.63, 3.8) is 0 Å². The van der Waals surface area contributed by atoms with Gasteiger partial charge < -0.3 is 18.8 Å². The molecule has 0 radical (unpaired) electrons. The first-order valence-corrected chi connectivity index (χ1v) is 11.7. The van der Waals surface area contributed by atoms with E-state index < -0.39 is 10.8 Å². The number of hydrogen-bond donors (Lipinski definition) is 0. The Labute approximate surface area is 182 Å². The zero-order valence-corrected chi connectivity index (χ0v) is 19.7. The summed E-state index contributed by atoms with van der Waals surface area (Å²) in [5, 5.41) is 0. The summed E-state index contributed by atoms with van der Waals surface area (Å²) in [7, 11) is 1.37. The summed E-state index contributed by atoms with van der Waals surface area (Å²) in [5.74, 6) is 0.0193. The van der Waals surface area contributed by atoms with Crippen LogP contribution in [0.3, 0.4) is 0 Å². The zero-order valence-electron chi connectivity index (χ0n) is 19.7. The maximum absolute atomic E-state index is 12.6. The topological polar surface area (TPSA) is 71.1 Å². The molecule has 0 amide bonds. The molecule has 0 bridgehead atoms. The smallest absolute Gasteiger partial charge is 0.460 e. The normalized spacial score (nSPS) is 22.6. The van der Waals surface area contributed by atoms with Gasteiger partial charge in [0.05, 0.1) is 37.3 Å².